The number of halogens is 4. The van der Waals surface area contributed by atoms with Gasteiger partial charge in [0, 0.05) is 19.3 Å². The predicted octanol–water partition coefficient (Wildman–Crippen LogP) is 4.82. The van der Waals surface area contributed by atoms with Crippen LogP contribution in [0.15, 0.2) is 29.3 Å². The van der Waals surface area contributed by atoms with Crippen molar-refractivity contribution in [2.45, 2.75) is 44.2 Å². The molecule has 4 rings (SSSR count). The summed E-state index contributed by atoms with van der Waals surface area (Å²) in [6.45, 7) is 3.67. The Morgan fingerprint density at radius 1 is 1.26 bits per heavy atom. The highest BCUT2D eigenvalue weighted by atomic mass is 35.5. The molecule has 0 radical (unpaired) electrons. The van der Waals surface area contributed by atoms with Gasteiger partial charge in [0.05, 0.1) is 33.9 Å². The molecule has 0 bridgehead atoms. The van der Waals surface area contributed by atoms with Gasteiger partial charge in [0.1, 0.15) is 5.15 Å². The third-order valence-corrected chi connectivity index (χ3v) is 7.22. The van der Waals surface area contributed by atoms with Crippen molar-refractivity contribution >= 4 is 29.5 Å². The molecule has 0 atom stereocenters. The molecule has 0 unspecified atom stereocenters. The summed E-state index contributed by atoms with van der Waals surface area (Å²) in [6, 6.07) is 4.61. The zero-order valence-corrected chi connectivity index (χ0v) is 20.2. The SMILES string of the molecule is Cc1nn(C)c(C)c1SNC(=O)c1ccc(-n2ccc(OCCC3(C(F)(F)F)CC3)n2)nc1Cl. The fourth-order valence-electron chi connectivity index (χ4n) is 3.46. The van der Waals surface area contributed by atoms with E-state index in [0.717, 1.165) is 28.2 Å². The van der Waals surface area contributed by atoms with Crippen molar-refractivity contribution in [2.75, 3.05) is 6.61 Å². The van der Waals surface area contributed by atoms with Crippen LogP contribution in [0.1, 0.15) is 41.0 Å². The topological polar surface area (TPSA) is 86.9 Å². The van der Waals surface area contributed by atoms with Crippen molar-refractivity contribution in [3.05, 3.63) is 46.5 Å². The number of nitrogens with zero attached hydrogens (tertiary/aromatic N) is 5. The lowest BCUT2D eigenvalue weighted by molar-refractivity contribution is -0.190. The van der Waals surface area contributed by atoms with Gasteiger partial charge in [-0.25, -0.2) is 9.67 Å². The molecule has 1 saturated carbocycles. The molecule has 1 aliphatic rings. The van der Waals surface area contributed by atoms with Gasteiger partial charge in [-0.2, -0.15) is 18.3 Å². The van der Waals surface area contributed by atoms with Crippen molar-refractivity contribution in [1.82, 2.24) is 29.3 Å². The van der Waals surface area contributed by atoms with Crippen molar-refractivity contribution in [3.63, 3.8) is 0 Å². The quantitative estimate of drug-likeness (QED) is 0.342. The molecule has 8 nitrogen and oxygen atoms in total. The summed E-state index contributed by atoms with van der Waals surface area (Å²) in [4.78, 5) is 17.6. The van der Waals surface area contributed by atoms with Crippen LogP contribution in [0.25, 0.3) is 5.82 Å². The standard InChI is InChI=1S/C21H22ClF3N6O2S/c1-12-17(13(2)30(3)27-12)34-29-19(32)14-4-5-15(26-18(14)22)31-10-6-16(28-31)33-11-9-20(7-8-20)21(23,24)25/h4-6,10H,7-9,11H2,1-3H3,(H,29,32). The van der Waals surface area contributed by atoms with Gasteiger partial charge < -0.3 is 4.74 Å². The fraction of sp³-hybridized carbons (Fsp3) is 0.429. The number of pyridine rings is 1. The molecule has 0 aliphatic heterocycles. The van der Waals surface area contributed by atoms with Crippen LogP contribution >= 0.6 is 23.5 Å². The Morgan fingerprint density at radius 2 is 2.00 bits per heavy atom. The summed E-state index contributed by atoms with van der Waals surface area (Å²) < 4.78 is 50.3. The number of hydrogen-bond donors (Lipinski definition) is 1. The molecule has 1 N–H and O–H groups in total. The molecule has 0 aromatic carbocycles. The van der Waals surface area contributed by atoms with Crippen LogP contribution in [-0.2, 0) is 7.05 Å². The largest absolute Gasteiger partial charge is 0.477 e. The Morgan fingerprint density at radius 3 is 2.59 bits per heavy atom. The second kappa shape index (κ2) is 9.14. The van der Waals surface area contributed by atoms with E-state index in [2.05, 4.69) is 19.9 Å². The summed E-state index contributed by atoms with van der Waals surface area (Å²) in [5, 5.41) is 8.46. The zero-order valence-electron chi connectivity index (χ0n) is 18.6. The third kappa shape index (κ3) is 4.88. The predicted molar refractivity (Wildman–Crippen MR) is 120 cm³/mol. The number of nitrogens with one attached hydrogen (secondary N) is 1. The van der Waals surface area contributed by atoms with E-state index in [0.29, 0.717) is 5.82 Å². The molecule has 1 fully saturated rings. The van der Waals surface area contributed by atoms with E-state index in [-0.39, 0.29) is 42.5 Å². The lowest BCUT2D eigenvalue weighted by Crippen LogP contribution is -2.26. The maximum atomic E-state index is 13.0. The Hall–Kier alpha value is -2.73. The van der Waals surface area contributed by atoms with Crippen molar-refractivity contribution in [2.24, 2.45) is 12.5 Å². The summed E-state index contributed by atoms with van der Waals surface area (Å²) in [5.41, 5.74) is 0.285. The summed E-state index contributed by atoms with van der Waals surface area (Å²) in [6.07, 6.45) is -2.49. The Balaban J connectivity index is 1.36. The molecule has 1 amide bonds. The molecular formula is C21H22ClF3N6O2S. The molecule has 3 heterocycles. The van der Waals surface area contributed by atoms with E-state index in [9.17, 15) is 18.0 Å². The Bertz CT molecular complexity index is 1220. The molecular weight excluding hydrogens is 493 g/mol. The van der Waals surface area contributed by atoms with Crippen molar-refractivity contribution < 1.29 is 22.7 Å². The highest BCUT2D eigenvalue weighted by Crippen LogP contribution is 2.59. The van der Waals surface area contributed by atoms with Crippen LogP contribution in [0.5, 0.6) is 5.88 Å². The van der Waals surface area contributed by atoms with Gasteiger partial charge in [0.25, 0.3) is 5.91 Å². The minimum atomic E-state index is -4.21. The van der Waals surface area contributed by atoms with Gasteiger partial charge in [-0.15, -0.1) is 5.10 Å². The number of aromatic nitrogens is 5. The van der Waals surface area contributed by atoms with Gasteiger partial charge in [-0.3, -0.25) is 14.2 Å². The lowest BCUT2D eigenvalue weighted by atomic mass is 10.0. The summed E-state index contributed by atoms with van der Waals surface area (Å²) in [5.74, 6) is 0.0909. The second-order valence-corrected chi connectivity index (χ2v) is 9.31. The highest BCUT2D eigenvalue weighted by molar-refractivity contribution is 7.98. The van der Waals surface area contributed by atoms with E-state index in [4.69, 9.17) is 16.3 Å². The highest BCUT2D eigenvalue weighted by Gasteiger charge is 2.62. The number of rotatable bonds is 8. The molecule has 0 saturated heterocycles. The molecule has 0 spiro atoms. The van der Waals surface area contributed by atoms with Crippen molar-refractivity contribution in [1.29, 1.82) is 0 Å². The van der Waals surface area contributed by atoms with Crippen LogP contribution in [0, 0.1) is 19.3 Å². The lowest BCUT2D eigenvalue weighted by Gasteiger charge is -2.18. The maximum Gasteiger partial charge on any atom is 0.394 e. The molecule has 3 aromatic heterocycles. The van der Waals surface area contributed by atoms with Gasteiger partial charge in [-0.05, 0) is 57.2 Å². The number of alkyl halides is 3. The minimum Gasteiger partial charge on any atom is -0.477 e. The fourth-order valence-corrected chi connectivity index (χ4v) is 4.47. The Labute approximate surface area is 203 Å². The van der Waals surface area contributed by atoms with Crippen LogP contribution in [0.2, 0.25) is 5.15 Å². The van der Waals surface area contributed by atoms with Crippen LogP contribution in [0.3, 0.4) is 0 Å². The van der Waals surface area contributed by atoms with E-state index in [1.54, 1.807) is 16.9 Å². The maximum absolute atomic E-state index is 13.0. The number of aryl methyl sites for hydroxylation is 2. The number of amides is 1. The zero-order chi connectivity index (χ0) is 24.7. The van der Waals surface area contributed by atoms with E-state index in [1.165, 1.54) is 16.8 Å². The molecule has 1 aliphatic carbocycles. The van der Waals surface area contributed by atoms with E-state index in [1.807, 2.05) is 20.9 Å². The molecule has 3 aromatic rings. The minimum absolute atomic E-state index is 0.0194. The summed E-state index contributed by atoms with van der Waals surface area (Å²) >= 11 is 7.39. The third-order valence-electron chi connectivity index (χ3n) is 5.85. The van der Waals surface area contributed by atoms with Crippen molar-refractivity contribution in [3.8, 4) is 11.7 Å². The van der Waals surface area contributed by atoms with Crippen LogP contribution < -0.4 is 9.46 Å². The second-order valence-electron chi connectivity index (χ2n) is 8.14. The monoisotopic (exact) mass is 514 g/mol. The van der Waals surface area contributed by atoms with Gasteiger partial charge >= 0.3 is 6.18 Å². The average molecular weight is 515 g/mol. The molecule has 13 heteroatoms. The van der Waals surface area contributed by atoms with Gasteiger partial charge in [0.2, 0.25) is 5.88 Å². The average Bonchev–Trinajstić information content (AvgIpc) is 3.35. The smallest absolute Gasteiger partial charge is 0.394 e. The first kappa shape index (κ1) is 24.4. The first-order valence-electron chi connectivity index (χ1n) is 10.4. The van der Waals surface area contributed by atoms with Gasteiger partial charge in [0.15, 0.2) is 5.82 Å². The molecule has 34 heavy (non-hydrogen) atoms. The summed E-state index contributed by atoms with van der Waals surface area (Å²) in [7, 11) is 1.82. The Kier molecular flexibility index (Phi) is 6.56. The number of carbonyl (C=O) groups excluding carboxylic acids is 1. The number of carbonyl (C=O) groups is 1. The van der Waals surface area contributed by atoms with Gasteiger partial charge in [-0.1, -0.05) is 11.6 Å². The van der Waals surface area contributed by atoms with E-state index < -0.39 is 17.5 Å². The number of hydrogen-bond acceptors (Lipinski definition) is 6. The van der Waals surface area contributed by atoms with E-state index >= 15 is 0 Å². The van der Waals surface area contributed by atoms with Crippen LogP contribution in [-0.4, -0.2) is 43.2 Å². The first-order chi connectivity index (χ1) is 16.0. The van der Waals surface area contributed by atoms with Crippen LogP contribution in [0.4, 0.5) is 13.2 Å². The first-order valence-corrected chi connectivity index (χ1v) is 11.6. The molecule has 182 valence electrons. The number of ether oxygens (including phenoxy) is 1. The normalized spacial score (nSPS) is 14.8.